The number of rotatable bonds is 11. The molecule has 2 atom stereocenters. The molecule has 6 nitrogen and oxygen atoms in total. The van der Waals surface area contributed by atoms with E-state index in [0.717, 1.165) is 0 Å². The van der Waals surface area contributed by atoms with Gasteiger partial charge in [0.25, 0.3) is 0 Å². The Kier molecular flexibility index (Phi) is 9.63. The van der Waals surface area contributed by atoms with Crippen LogP contribution in [0.1, 0.15) is 33.6 Å². The summed E-state index contributed by atoms with van der Waals surface area (Å²) in [7, 11) is 0. The van der Waals surface area contributed by atoms with Crippen LogP contribution in [-0.4, -0.2) is 41.1 Å². The van der Waals surface area contributed by atoms with Crippen molar-refractivity contribution in [2.75, 3.05) is 19.0 Å². The van der Waals surface area contributed by atoms with Crippen molar-refractivity contribution in [2.45, 2.75) is 33.6 Å². The molecular formula is C12H23O6S+. The average molecular weight is 295 g/mol. The molecule has 0 heterocycles. The van der Waals surface area contributed by atoms with Gasteiger partial charge in [-0.15, -0.1) is 8.37 Å². The largest absolute Gasteiger partial charge is 0.481 e. The van der Waals surface area contributed by atoms with E-state index in [4.69, 9.17) is 18.6 Å². The first-order chi connectivity index (χ1) is 8.93. The molecule has 0 bridgehead atoms. The third-order valence-corrected chi connectivity index (χ3v) is 4.25. The summed E-state index contributed by atoms with van der Waals surface area (Å²) in [6.07, 6.45) is 0.879. The summed E-state index contributed by atoms with van der Waals surface area (Å²) in [5.41, 5.74) is 0. The van der Waals surface area contributed by atoms with E-state index in [1.54, 1.807) is 0 Å². The zero-order chi connectivity index (χ0) is 14.8. The lowest BCUT2D eigenvalue weighted by molar-refractivity contribution is -0.153. The van der Waals surface area contributed by atoms with E-state index in [9.17, 15) is 9.59 Å². The van der Waals surface area contributed by atoms with Crippen LogP contribution < -0.4 is 0 Å². The summed E-state index contributed by atoms with van der Waals surface area (Å²) in [6.45, 7) is 6.23. The van der Waals surface area contributed by atoms with Crippen molar-refractivity contribution >= 4 is 23.4 Å². The second kappa shape index (κ2) is 10.1. The van der Waals surface area contributed by atoms with Gasteiger partial charge in [0.2, 0.25) is 0 Å². The van der Waals surface area contributed by atoms with Crippen LogP contribution in [-0.2, 0) is 29.4 Å². The van der Waals surface area contributed by atoms with Crippen molar-refractivity contribution in [3.05, 3.63) is 0 Å². The van der Waals surface area contributed by atoms with Gasteiger partial charge < -0.3 is 10.2 Å². The molecule has 0 aromatic rings. The molecule has 0 saturated heterocycles. The van der Waals surface area contributed by atoms with Crippen LogP contribution in [0.15, 0.2) is 0 Å². The van der Waals surface area contributed by atoms with E-state index in [0.29, 0.717) is 31.8 Å². The summed E-state index contributed by atoms with van der Waals surface area (Å²) in [6, 6.07) is 0. The molecule has 0 fully saturated rings. The number of carbonyl (C=O) groups is 2. The molecule has 2 unspecified atom stereocenters. The van der Waals surface area contributed by atoms with Crippen LogP contribution in [0.4, 0.5) is 0 Å². The van der Waals surface area contributed by atoms with Crippen molar-refractivity contribution in [3.63, 3.8) is 0 Å². The highest BCUT2D eigenvalue weighted by Crippen LogP contribution is 2.19. The minimum Gasteiger partial charge on any atom is -0.481 e. The van der Waals surface area contributed by atoms with Crippen molar-refractivity contribution in [1.29, 1.82) is 0 Å². The zero-order valence-electron chi connectivity index (χ0n) is 11.6. The molecule has 0 saturated carbocycles. The second-order valence-electron chi connectivity index (χ2n) is 4.03. The Morgan fingerprint density at radius 3 is 2.00 bits per heavy atom. The molecule has 0 aromatic carbocycles. The summed E-state index contributed by atoms with van der Waals surface area (Å²) in [5.74, 6) is -3.31. The van der Waals surface area contributed by atoms with E-state index >= 15 is 0 Å². The van der Waals surface area contributed by atoms with Crippen LogP contribution >= 0.6 is 0 Å². The predicted octanol–water partition coefficient (Wildman–Crippen LogP) is 1.71. The Balaban J connectivity index is 4.24. The van der Waals surface area contributed by atoms with Gasteiger partial charge in [0.05, 0.1) is 11.8 Å². The maximum atomic E-state index is 11.0. The molecule has 0 spiro atoms. The zero-order valence-corrected chi connectivity index (χ0v) is 12.4. The second-order valence-corrected chi connectivity index (χ2v) is 5.52. The number of carboxylic acids is 2. The third-order valence-electron chi connectivity index (χ3n) is 2.64. The monoisotopic (exact) mass is 295 g/mol. The number of hydrogen-bond donors (Lipinski definition) is 2. The normalized spacial score (nSPS) is 14.3. The fourth-order valence-electron chi connectivity index (χ4n) is 1.60. The Labute approximate surface area is 116 Å². The highest BCUT2D eigenvalue weighted by molar-refractivity contribution is 7.87. The van der Waals surface area contributed by atoms with E-state index < -0.39 is 35.2 Å². The van der Waals surface area contributed by atoms with Crippen LogP contribution in [0.5, 0.6) is 0 Å². The van der Waals surface area contributed by atoms with Gasteiger partial charge in [-0.3, -0.25) is 9.59 Å². The van der Waals surface area contributed by atoms with Gasteiger partial charge in [-0.25, -0.2) is 0 Å². The van der Waals surface area contributed by atoms with Gasteiger partial charge in [0.15, 0.2) is 5.75 Å². The number of carboxylic acid groups (broad SMARTS) is 2. The van der Waals surface area contributed by atoms with E-state index in [2.05, 4.69) is 0 Å². The molecule has 0 aliphatic rings. The van der Waals surface area contributed by atoms with Crippen LogP contribution in [0.3, 0.4) is 0 Å². The summed E-state index contributed by atoms with van der Waals surface area (Å²) in [5, 5.41) is 17.9. The highest BCUT2D eigenvalue weighted by atomic mass is 32.2. The molecule has 2 N–H and O–H groups in total. The van der Waals surface area contributed by atoms with Gasteiger partial charge >= 0.3 is 23.4 Å². The van der Waals surface area contributed by atoms with E-state index in [-0.39, 0.29) is 0 Å². The molecule has 7 heteroatoms. The quantitative estimate of drug-likeness (QED) is 0.564. The molecule has 0 aromatic heterocycles. The molecular weight excluding hydrogens is 272 g/mol. The third kappa shape index (κ3) is 7.39. The van der Waals surface area contributed by atoms with Crippen molar-refractivity contribution in [2.24, 2.45) is 11.8 Å². The highest BCUT2D eigenvalue weighted by Gasteiger charge is 2.31. The Morgan fingerprint density at radius 2 is 1.63 bits per heavy atom. The van der Waals surface area contributed by atoms with Gasteiger partial charge in [-0.05, 0) is 26.7 Å². The molecule has 0 radical (unpaired) electrons. The molecule has 19 heavy (non-hydrogen) atoms. The lowest BCUT2D eigenvalue weighted by Gasteiger charge is -2.15. The first kappa shape index (κ1) is 18.2. The lowest BCUT2D eigenvalue weighted by atomic mass is 9.90. The van der Waals surface area contributed by atoms with Crippen molar-refractivity contribution < 1.29 is 28.2 Å². The van der Waals surface area contributed by atoms with Gasteiger partial charge in [-0.2, -0.15) is 0 Å². The van der Waals surface area contributed by atoms with Gasteiger partial charge in [0.1, 0.15) is 13.2 Å². The number of hydrogen-bond acceptors (Lipinski definition) is 4. The van der Waals surface area contributed by atoms with Crippen LogP contribution in [0.25, 0.3) is 0 Å². The molecule has 0 amide bonds. The first-order valence-electron chi connectivity index (χ1n) is 6.37. The SMILES string of the molecule is CCO[S+](CCCC(C(=O)O)C(C)C(=O)O)OCC. The maximum absolute atomic E-state index is 11.0. The Morgan fingerprint density at radius 1 is 1.11 bits per heavy atom. The van der Waals surface area contributed by atoms with Crippen LogP contribution in [0, 0.1) is 11.8 Å². The van der Waals surface area contributed by atoms with Gasteiger partial charge in [-0.1, -0.05) is 6.92 Å². The summed E-state index contributed by atoms with van der Waals surface area (Å²) >= 11 is -0.618. The number of aliphatic carboxylic acids is 2. The Hall–Kier alpha value is -0.790. The van der Waals surface area contributed by atoms with Crippen LogP contribution in [0.2, 0.25) is 0 Å². The fraction of sp³-hybridized carbons (Fsp3) is 0.833. The molecule has 0 aliphatic heterocycles. The summed E-state index contributed by atoms with van der Waals surface area (Å²) in [4.78, 5) is 21.9. The van der Waals surface area contributed by atoms with E-state index in [1.165, 1.54) is 6.92 Å². The first-order valence-corrected chi connectivity index (χ1v) is 7.61. The summed E-state index contributed by atoms with van der Waals surface area (Å²) < 4.78 is 10.7. The Bertz CT molecular complexity index is 277. The molecule has 0 aliphatic carbocycles. The molecule has 112 valence electrons. The predicted molar refractivity (Wildman–Crippen MR) is 72.6 cm³/mol. The minimum atomic E-state index is -1.08. The van der Waals surface area contributed by atoms with Crippen molar-refractivity contribution in [1.82, 2.24) is 0 Å². The smallest absolute Gasteiger partial charge is 0.314 e. The lowest BCUT2D eigenvalue weighted by Crippen LogP contribution is -2.28. The van der Waals surface area contributed by atoms with Crippen molar-refractivity contribution in [3.8, 4) is 0 Å². The average Bonchev–Trinajstić information content (AvgIpc) is 2.33. The van der Waals surface area contributed by atoms with Gasteiger partial charge in [0, 0.05) is 0 Å². The molecule has 0 rings (SSSR count). The topological polar surface area (TPSA) is 93.1 Å². The minimum absolute atomic E-state index is 0.312. The standard InChI is InChI=1S/C12H22O6S/c1-4-17-19(18-5-2)8-6-7-10(12(15)16)9(3)11(13)14/h9-10H,4-8H2,1-3H3,(H-,13,14,15,16)/p+1. The maximum Gasteiger partial charge on any atom is 0.314 e. The fourth-order valence-corrected chi connectivity index (χ4v) is 2.83. The van der Waals surface area contributed by atoms with E-state index in [1.807, 2.05) is 13.8 Å².